The van der Waals surface area contributed by atoms with Gasteiger partial charge < -0.3 is 5.32 Å². The monoisotopic (exact) mass is 214 g/mol. The highest BCUT2D eigenvalue weighted by Crippen LogP contribution is 2.15. The fourth-order valence-corrected chi connectivity index (χ4v) is 0.906. The van der Waals surface area contributed by atoms with Gasteiger partial charge in [0.15, 0.2) is 0 Å². The van der Waals surface area contributed by atoms with Crippen molar-refractivity contribution in [3.05, 3.63) is 22.3 Å². The quantitative estimate of drug-likeness (QED) is 0.763. The number of anilines is 1. The molecule has 58 valence electrons. The number of aromatic nitrogens is 1. The number of carbonyl (C=O) groups excluding carboxylic acids is 1. The number of nitrogens with one attached hydrogen (secondary N) is 1. The molecule has 1 amide bonds. The highest BCUT2D eigenvalue weighted by atomic mass is 79.9. The number of hydrogen-bond donors (Lipinski definition) is 1. The molecule has 0 saturated heterocycles. The smallest absolute Gasteiger partial charge is 0.212 e. The average molecular weight is 215 g/mol. The minimum absolute atomic E-state index is 0.570. The van der Waals surface area contributed by atoms with Crippen molar-refractivity contribution in [3.8, 4) is 0 Å². The van der Waals surface area contributed by atoms with Crippen LogP contribution in [0.5, 0.6) is 0 Å². The van der Waals surface area contributed by atoms with Gasteiger partial charge in [0.2, 0.25) is 6.41 Å². The van der Waals surface area contributed by atoms with Crippen LogP contribution >= 0.6 is 15.9 Å². The molecular formula is C7H7BrN2O. The van der Waals surface area contributed by atoms with Crippen molar-refractivity contribution in [2.75, 3.05) is 5.32 Å². The molecule has 1 rings (SSSR count). The molecule has 0 aromatic carbocycles. The summed E-state index contributed by atoms with van der Waals surface area (Å²) < 4.78 is 0.939. The Kier molecular flexibility index (Phi) is 2.59. The number of pyridine rings is 1. The van der Waals surface area contributed by atoms with Crippen LogP contribution in [0.3, 0.4) is 0 Å². The van der Waals surface area contributed by atoms with Gasteiger partial charge in [-0.3, -0.25) is 4.79 Å². The van der Waals surface area contributed by atoms with Crippen LogP contribution < -0.4 is 5.32 Å². The number of aryl methyl sites for hydroxylation is 1. The standard InChI is InChI=1S/C7H7BrN2O/c1-5-6(8)2-3-7(10-5)9-4-11/h2-4H,1H3,(H,9,10,11). The Morgan fingerprint density at radius 3 is 2.91 bits per heavy atom. The predicted molar refractivity (Wildman–Crippen MR) is 46.4 cm³/mol. The minimum Gasteiger partial charge on any atom is -0.313 e. The number of carbonyl (C=O) groups is 1. The number of amides is 1. The molecule has 1 aromatic rings. The first-order valence-corrected chi connectivity index (χ1v) is 3.86. The van der Waals surface area contributed by atoms with Crippen molar-refractivity contribution in [1.29, 1.82) is 0 Å². The first-order chi connectivity index (χ1) is 5.24. The van der Waals surface area contributed by atoms with E-state index < -0.39 is 0 Å². The second-order valence-corrected chi connectivity index (χ2v) is 2.88. The molecule has 0 atom stereocenters. The van der Waals surface area contributed by atoms with Gasteiger partial charge in [-0.1, -0.05) is 0 Å². The van der Waals surface area contributed by atoms with Crippen LogP contribution in [0.15, 0.2) is 16.6 Å². The van der Waals surface area contributed by atoms with E-state index in [0.717, 1.165) is 10.2 Å². The molecule has 3 nitrogen and oxygen atoms in total. The molecule has 4 heteroatoms. The van der Waals surface area contributed by atoms with Crippen molar-refractivity contribution in [3.63, 3.8) is 0 Å². The van der Waals surface area contributed by atoms with Gasteiger partial charge in [-0.25, -0.2) is 4.98 Å². The first-order valence-electron chi connectivity index (χ1n) is 3.07. The van der Waals surface area contributed by atoms with E-state index in [1.165, 1.54) is 0 Å². The zero-order valence-corrected chi connectivity index (χ0v) is 7.55. The van der Waals surface area contributed by atoms with Crippen molar-refractivity contribution >= 4 is 28.2 Å². The molecular weight excluding hydrogens is 208 g/mol. The number of rotatable bonds is 2. The van der Waals surface area contributed by atoms with Gasteiger partial charge in [0.1, 0.15) is 5.82 Å². The molecule has 0 radical (unpaired) electrons. The van der Waals surface area contributed by atoms with Crippen LogP contribution in [0.1, 0.15) is 5.69 Å². The highest BCUT2D eigenvalue weighted by Gasteiger charge is 1.96. The summed E-state index contributed by atoms with van der Waals surface area (Å²) in [5.74, 6) is 0.570. The third kappa shape index (κ3) is 2.01. The predicted octanol–water partition coefficient (Wildman–Crippen LogP) is 1.72. The number of halogens is 1. The maximum Gasteiger partial charge on any atom is 0.212 e. The van der Waals surface area contributed by atoms with E-state index in [9.17, 15) is 4.79 Å². The molecule has 0 spiro atoms. The highest BCUT2D eigenvalue weighted by molar-refractivity contribution is 9.10. The largest absolute Gasteiger partial charge is 0.313 e. The zero-order valence-electron chi connectivity index (χ0n) is 5.97. The van der Waals surface area contributed by atoms with E-state index in [0.29, 0.717) is 12.2 Å². The molecule has 0 aliphatic carbocycles. The SMILES string of the molecule is Cc1nc(NC=O)ccc1Br. The summed E-state index contributed by atoms with van der Waals surface area (Å²) in [7, 11) is 0. The Labute approximate surface area is 73.0 Å². The Hall–Kier alpha value is -0.900. The van der Waals surface area contributed by atoms with Crippen molar-refractivity contribution < 1.29 is 4.79 Å². The van der Waals surface area contributed by atoms with Gasteiger partial charge in [0.25, 0.3) is 0 Å². The molecule has 0 unspecified atom stereocenters. The molecule has 0 saturated carbocycles. The summed E-state index contributed by atoms with van der Waals surface area (Å²) in [6.45, 7) is 1.86. The summed E-state index contributed by atoms with van der Waals surface area (Å²) in [5, 5.41) is 2.46. The van der Waals surface area contributed by atoms with E-state index in [-0.39, 0.29) is 0 Å². The maximum atomic E-state index is 10.0. The van der Waals surface area contributed by atoms with Gasteiger partial charge in [-0.2, -0.15) is 0 Å². The van der Waals surface area contributed by atoms with Gasteiger partial charge in [-0.15, -0.1) is 0 Å². The second kappa shape index (κ2) is 3.48. The van der Waals surface area contributed by atoms with Crippen LogP contribution in [0.4, 0.5) is 5.82 Å². The lowest BCUT2D eigenvalue weighted by Gasteiger charge is -1.99. The lowest BCUT2D eigenvalue weighted by atomic mass is 10.4. The van der Waals surface area contributed by atoms with Crippen molar-refractivity contribution in [2.24, 2.45) is 0 Å². The third-order valence-electron chi connectivity index (χ3n) is 1.23. The van der Waals surface area contributed by atoms with Gasteiger partial charge >= 0.3 is 0 Å². The summed E-state index contributed by atoms with van der Waals surface area (Å²) >= 11 is 3.30. The lowest BCUT2D eigenvalue weighted by molar-refractivity contribution is -0.105. The summed E-state index contributed by atoms with van der Waals surface area (Å²) in [6, 6.07) is 3.57. The normalized spacial score (nSPS) is 9.27. The first kappa shape index (κ1) is 8.20. The summed E-state index contributed by atoms with van der Waals surface area (Å²) in [4.78, 5) is 14.1. The van der Waals surface area contributed by atoms with Crippen LogP contribution in [0.25, 0.3) is 0 Å². The van der Waals surface area contributed by atoms with E-state index in [1.807, 2.05) is 13.0 Å². The van der Waals surface area contributed by atoms with Crippen LogP contribution in [-0.2, 0) is 4.79 Å². The zero-order chi connectivity index (χ0) is 8.27. The van der Waals surface area contributed by atoms with Crippen molar-refractivity contribution in [1.82, 2.24) is 4.98 Å². The molecule has 1 aromatic heterocycles. The molecule has 1 N–H and O–H groups in total. The van der Waals surface area contributed by atoms with Crippen LogP contribution in [0, 0.1) is 6.92 Å². The van der Waals surface area contributed by atoms with Gasteiger partial charge in [0, 0.05) is 4.47 Å². The average Bonchev–Trinajstić information content (AvgIpc) is 1.98. The molecule has 0 aliphatic rings. The molecule has 0 aliphatic heterocycles. The molecule has 0 fully saturated rings. The minimum atomic E-state index is 0.570. The van der Waals surface area contributed by atoms with Gasteiger partial charge in [0.05, 0.1) is 5.69 Å². The van der Waals surface area contributed by atoms with E-state index in [2.05, 4.69) is 26.2 Å². The summed E-state index contributed by atoms with van der Waals surface area (Å²) in [6.07, 6.45) is 0.607. The second-order valence-electron chi connectivity index (χ2n) is 2.03. The third-order valence-corrected chi connectivity index (χ3v) is 2.07. The van der Waals surface area contributed by atoms with E-state index >= 15 is 0 Å². The molecule has 1 heterocycles. The van der Waals surface area contributed by atoms with E-state index in [1.54, 1.807) is 6.07 Å². The molecule has 11 heavy (non-hydrogen) atoms. The number of hydrogen-bond acceptors (Lipinski definition) is 2. The fraction of sp³-hybridized carbons (Fsp3) is 0.143. The lowest BCUT2D eigenvalue weighted by Crippen LogP contribution is -1.97. The molecule has 0 bridgehead atoms. The Balaban J connectivity index is 2.95. The number of nitrogens with zero attached hydrogens (tertiary/aromatic N) is 1. The Morgan fingerprint density at radius 2 is 2.36 bits per heavy atom. The van der Waals surface area contributed by atoms with Crippen LogP contribution in [0.2, 0.25) is 0 Å². The Bertz CT molecular complexity index is 275. The van der Waals surface area contributed by atoms with Gasteiger partial charge in [-0.05, 0) is 35.0 Å². The fourth-order valence-electron chi connectivity index (χ4n) is 0.685. The summed E-state index contributed by atoms with van der Waals surface area (Å²) in [5.41, 5.74) is 0.858. The maximum absolute atomic E-state index is 10.0. The Morgan fingerprint density at radius 1 is 1.64 bits per heavy atom. The van der Waals surface area contributed by atoms with Crippen molar-refractivity contribution in [2.45, 2.75) is 6.92 Å². The topological polar surface area (TPSA) is 42.0 Å². The van der Waals surface area contributed by atoms with E-state index in [4.69, 9.17) is 0 Å². The van der Waals surface area contributed by atoms with Crippen LogP contribution in [-0.4, -0.2) is 11.4 Å².